The molecule has 1 fully saturated rings. The maximum Gasteiger partial charge on any atom is 0.308 e. The molecule has 5 heteroatoms. The van der Waals surface area contributed by atoms with Crippen LogP contribution >= 0.6 is 0 Å². The number of carboxylic acid groups (broad SMARTS) is 1. The van der Waals surface area contributed by atoms with E-state index in [1.807, 2.05) is 0 Å². The first kappa shape index (κ1) is 15.2. The number of nitrogens with zero attached hydrogens (tertiary/aromatic N) is 1. The van der Waals surface area contributed by atoms with Crippen LogP contribution in [0.15, 0.2) is 24.3 Å². The molecule has 1 N–H and O–H groups in total. The lowest BCUT2D eigenvalue weighted by molar-refractivity contribution is -0.144. The molecule has 112 valence electrons. The molecule has 2 atom stereocenters. The number of rotatable bonds is 3. The molecule has 1 saturated heterocycles. The standard InChI is InChI=1S/C16H19NO4/c1-10-14(16(20)21)4-3-9-17(10)15(19)13-7-5-12(6-8-13)11(2)18/h5-8,10,14H,3-4,9H2,1-2H3,(H,20,21)/t10-,14-/m1/s1. The van der Waals surface area contributed by atoms with Crippen LogP contribution < -0.4 is 0 Å². The lowest BCUT2D eigenvalue weighted by Gasteiger charge is -2.37. The summed E-state index contributed by atoms with van der Waals surface area (Å²) < 4.78 is 0. The van der Waals surface area contributed by atoms with Crippen molar-refractivity contribution in [2.45, 2.75) is 32.7 Å². The minimum absolute atomic E-state index is 0.0497. The fourth-order valence-corrected chi connectivity index (χ4v) is 2.77. The third kappa shape index (κ3) is 3.12. The van der Waals surface area contributed by atoms with Crippen LogP contribution in [-0.4, -0.2) is 40.3 Å². The van der Waals surface area contributed by atoms with Crippen molar-refractivity contribution in [3.63, 3.8) is 0 Å². The molecule has 0 saturated carbocycles. The van der Waals surface area contributed by atoms with Gasteiger partial charge in [0.2, 0.25) is 0 Å². The van der Waals surface area contributed by atoms with E-state index in [0.717, 1.165) is 0 Å². The summed E-state index contributed by atoms with van der Waals surface area (Å²) in [6, 6.07) is 6.17. The van der Waals surface area contributed by atoms with E-state index in [-0.39, 0.29) is 17.7 Å². The summed E-state index contributed by atoms with van der Waals surface area (Å²) in [5.41, 5.74) is 1.04. The lowest BCUT2D eigenvalue weighted by Crippen LogP contribution is -2.49. The number of hydrogen-bond acceptors (Lipinski definition) is 3. The number of aliphatic carboxylic acids is 1. The van der Waals surface area contributed by atoms with Crippen molar-refractivity contribution in [1.29, 1.82) is 0 Å². The van der Waals surface area contributed by atoms with E-state index in [1.165, 1.54) is 6.92 Å². The largest absolute Gasteiger partial charge is 0.481 e. The van der Waals surface area contributed by atoms with Crippen LogP contribution in [0, 0.1) is 5.92 Å². The summed E-state index contributed by atoms with van der Waals surface area (Å²) in [6.07, 6.45) is 1.29. The molecule has 0 spiro atoms. The van der Waals surface area contributed by atoms with Crippen LogP contribution in [0.5, 0.6) is 0 Å². The Morgan fingerprint density at radius 2 is 1.71 bits per heavy atom. The Morgan fingerprint density at radius 1 is 1.14 bits per heavy atom. The Morgan fingerprint density at radius 3 is 2.24 bits per heavy atom. The first-order valence-electron chi connectivity index (χ1n) is 7.06. The highest BCUT2D eigenvalue weighted by molar-refractivity contribution is 5.98. The van der Waals surface area contributed by atoms with Crippen LogP contribution in [0.25, 0.3) is 0 Å². The number of piperidine rings is 1. The number of amides is 1. The quantitative estimate of drug-likeness (QED) is 0.866. The smallest absolute Gasteiger partial charge is 0.308 e. The monoisotopic (exact) mass is 289 g/mol. The Bertz CT molecular complexity index is 564. The summed E-state index contributed by atoms with van der Waals surface area (Å²) >= 11 is 0. The highest BCUT2D eigenvalue weighted by Gasteiger charge is 2.35. The summed E-state index contributed by atoms with van der Waals surface area (Å²) in [7, 11) is 0. The third-order valence-electron chi connectivity index (χ3n) is 4.10. The van der Waals surface area contributed by atoms with Gasteiger partial charge in [0, 0.05) is 23.7 Å². The van der Waals surface area contributed by atoms with Gasteiger partial charge in [-0.1, -0.05) is 12.1 Å². The topological polar surface area (TPSA) is 74.7 Å². The van der Waals surface area contributed by atoms with Gasteiger partial charge in [-0.25, -0.2) is 0 Å². The minimum Gasteiger partial charge on any atom is -0.481 e. The molecule has 0 bridgehead atoms. The molecule has 2 rings (SSSR count). The van der Waals surface area contributed by atoms with Gasteiger partial charge in [-0.3, -0.25) is 14.4 Å². The highest BCUT2D eigenvalue weighted by atomic mass is 16.4. The number of carbonyl (C=O) groups excluding carboxylic acids is 2. The number of likely N-dealkylation sites (tertiary alicyclic amines) is 1. The zero-order valence-corrected chi connectivity index (χ0v) is 12.2. The van der Waals surface area contributed by atoms with Gasteiger partial charge in [0.05, 0.1) is 5.92 Å². The van der Waals surface area contributed by atoms with Gasteiger partial charge in [-0.05, 0) is 38.8 Å². The van der Waals surface area contributed by atoms with Gasteiger partial charge in [-0.15, -0.1) is 0 Å². The Kier molecular flexibility index (Phi) is 4.40. The van der Waals surface area contributed by atoms with Crippen molar-refractivity contribution in [3.8, 4) is 0 Å². The second-order valence-electron chi connectivity index (χ2n) is 5.46. The molecule has 0 radical (unpaired) electrons. The predicted octanol–water partition coefficient (Wildman–Crippen LogP) is 2.21. The van der Waals surface area contributed by atoms with E-state index < -0.39 is 11.9 Å². The Hall–Kier alpha value is -2.17. The summed E-state index contributed by atoms with van der Waals surface area (Å²) in [6.45, 7) is 3.82. The molecule has 21 heavy (non-hydrogen) atoms. The van der Waals surface area contributed by atoms with Crippen LogP contribution in [0.1, 0.15) is 47.4 Å². The number of carboxylic acids is 1. The van der Waals surface area contributed by atoms with Gasteiger partial charge in [0.25, 0.3) is 5.91 Å². The average molecular weight is 289 g/mol. The normalized spacial score (nSPS) is 21.9. The van der Waals surface area contributed by atoms with E-state index >= 15 is 0 Å². The Balaban J connectivity index is 2.18. The van der Waals surface area contributed by atoms with Crippen molar-refractivity contribution >= 4 is 17.7 Å². The van der Waals surface area contributed by atoms with Crippen molar-refractivity contribution in [3.05, 3.63) is 35.4 Å². The minimum atomic E-state index is -0.855. The van der Waals surface area contributed by atoms with Crippen LogP contribution in [-0.2, 0) is 4.79 Å². The van der Waals surface area contributed by atoms with E-state index in [4.69, 9.17) is 0 Å². The van der Waals surface area contributed by atoms with Crippen molar-refractivity contribution in [2.24, 2.45) is 5.92 Å². The molecule has 0 aliphatic carbocycles. The third-order valence-corrected chi connectivity index (χ3v) is 4.10. The second kappa shape index (κ2) is 6.08. The number of carbonyl (C=O) groups is 3. The number of hydrogen-bond donors (Lipinski definition) is 1. The SMILES string of the molecule is CC(=O)c1ccc(C(=O)N2CCC[C@@H](C(=O)O)[C@H]2C)cc1. The fraction of sp³-hybridized carbons (Fsp3) is 0.438. The molecule has 1 aromatic carbocycles. The fourth-order valence-electron chi connectivity index (χ4n) is 2.77. The highest BCUT2D eigenvalue weighted by Crippen LogP contribution is 2.25. The summed E-state index contributed by atoms with van der Waals surface area (Å²) in [5, 5.41) is 9.20. The Labute approximate surface area is 123 Å². The van der Waals surface area contributed by atoms with Crippen molar-refractivity contribution in [2.75, 3.05) is 6.54 Å². The molecule has 5 nitrogen and oxygen atoms in total. The maximum absolute atomic E-state index is 12.5. The van der Waals surface area contributed by atoms with Gasteiger partial charge in [0.1, 0.15) is 0 Å². The van der Waals surface area contributed by atoms with E-state index in [2.05, 4.69) is 0 Å². The first-order valence-corrected chi connectivity index (χ1v) is 7.06. The van der Waals surface area contributed by atoms with E-state index in [1.54, 1.807) is 36.1 Å². The summed E-state index contributed by atoms with van der Waals surface area (Å²) in [4.78, 5) is 36.6. The molecular weight excluding hydrogens is 270 g/mol. The van der Waals surface area contributed by atoms with E-state index in [9.17, 15) is 19.5 Å². The lowest BCUT2D eigenvalue weighted by atomic mass is 9.90. The average Bonchev–Trinajstić information content (AvgIpc) is 2.46. The molecule has 0 unspecified atom stereocenters. The number of Topliss-reactive ketones (excluding diaryl/α,β-unsaturated/α-hetero) is 1. The molecule has 1 aliphatic rings. The molecule has 1 aliphatic heterocycles. The molecule has 1 amide bonds. The van der Waals surface area contributed by atoms with E-state index in [0.29, 0.717) is 30.5 Å². The number of ketones is 1. The first-order chi connectivity index (χ1) is 9.91. The molecule has 1 heterocycles. The van der Waals surface area contributed by atoms with Gasteiger partial charge in [0.15, 0.2) is 5.78 Å². The van der Waals surface area contributed by atoms with Gasteiger partial charge < -0.3 is 10.0 Å². The summed E-state index contributed by atoms with van der Waals surface area (Å²) in [5.74, 6) is -1.60. The zero-order chi connectivity index (χ0) is 15.6. The van der Waals surface area contributed by atoms with Gasteiger partial charge >= 0.3 is 5.97 Å². The van der Waals surface area contributed by atoms with Crippen LogP contribution in [0.2, 0.25) is 0 Å². The molecule has 1 aromatic rings. The second-order valence-corrected chi connectivity index (χ2v) is 5.46. The van der Waals surface area contributed by atoms with Crippen LogP contribution in [0.3, 0.4) is 0 Å². The zero-order valence-electron chi connectivity index (χ0n) is 12.2. The number of benzene rings is 1. The van der Waals surface area contributed by atoms with Gasteiger partial charge in [-0.2, -0.15) is 0 Å². The molecule has 0 aromatic heterocycles. The molecular formula is C16H19NO4. The predicted molar refractivity (Wildman–Crippen MR) is 77.3 cm³/mol. The maximum atomic E-state index is 12.5. The van der Waals surface area contributed by atoms with Crippen LogP contribution in [0.4, 0.5) is 0 Å². The van der Waals surface area contributed by atoms with Crippen molar-refractivity contribution < 1.29 is 19.5 Å². The van der Waals surface area contributed by atoms with Crippen molar-refractivity contribution in [1.82, 2.24) is 4.90 Å².